The van der Waals surface area contributed by atoms with Gasteiger partial charge in [-0.3, -0.25) is 0 Å². The molecule has 2 heteroatoms. The third-order valence-electron chi connectivity index (χ3n) is 12.4. The topological polar surface area (TPSA) is 8.17 Å². The normalized spacial score (nSPS) is 16.5. The van der Waals surface area contributed by atoms with Crippen molar-refractivity contribution >= 4 is 55.2 Å². The summed E-state index contributed by atoms with van der Waals surface area (Å²) in [7, 11) is 0. The average molecular weight is 701 g/mol. The SMILES string of the molecule is C1=CC2=C(CC1)c1ccccc1C21c2ccccc2-c2c1c1c(c3ccccc23)c2ccccc2n1-c1ccc(N(c2ccccc2)c2ccccc2)cc1. The molecule has 8 aromatic carbocycles. The molecule has 2 nitrogen and oxygen atoms in total. The molecule has 0 N–H and O–H groups in total. The van der Waals surface area contributed by atoms with Crippen LogP contribution >= 0.6 is 0 Å². The molecule has 258 valence electrons. The maximum absolute atomic E-state index is 2.58. The van der Waals surface area contributed by atoms with Crippen LogP contribution in [0.1, 0.15) is 35.1 Å². The molecule has 1 unspecified atom stereocenters. The maximum Gasteiger partial charge on any atom is 0.0743 e. The minimum Gasteiger partial charge on any atom is -0.311 e. The zero-order valence-corrected chi connectivity index (χ0v) is 30.3. The first-order valence-corrected chi connectivity index (χ1v) is 19.4. The van der Waals surface area contributed by atoms with E-state index in [0.717, 1.165) is 35.6 Å². The van der Waals surface area contributed by atoms with Crippen LogP contribution in [0.15, 0.2) is 200 Å². The lowest BCUT2D eigenvalue weighted by Crippen LogP contribution is -2.28. The van der Waals surface area contributed by atoms with Crippen LogP contribution in [-0.2, 0) is 5.41 Å². The Kier molecular flexibility index (Phi) is 6.41. The summed E-state index contributed by atoms with van der Waals surface area (Å²) in [4.78, 5) is 2.34. The van der Waals surface area contributed by atoms with E-state index in [2.05, 4.69) is 204 Å². The third kappa shape index (κ3) is 4.03. The van der Waals surface area contributed by atoms with Gasteiger partial charge in [-0.2, -0.15) is 0 Å². The van der Waals surface area contributed by atoms with Gasteiger partial charge in [-0.15, -0.1) is 0 Å². The van der Waals surface area contributed by atoms with Crippen LogP contribution in [-0.4, -0.2) is 4.57 Å². The van der Waals surface area contributed by atoms with Crippen LogP contribution < -0.4 is 4.90 Å². The van der Waals surface area contributed by atoms with Crippen LogP contribution in [0, 0.1) is 0 Å². The van der Waals surface area contributed by atoms with Gasteiger partial charge in [-0.05, 0) is 117 Å². The Labute approximate surface area is 320 Å². The van der Waals surface area contributed by atoms with Crippen molar-refractivity contribution in [1.29, 1.82) is 0 Å². The molecule has 1 spiro atoms. The van der Waals surface area contributed by atoms with Crippen LogP contribution in [0.3, 0.4) is 0 Å². The summed E-state index contributed by atoms with van der Waals surface area (Å²) in [5.74, 6) is 0. The van der Waals surface area contributed by atoms with E-state index in [1.165, 1.54) is 77.1 Å². The molecule has 0 saturated carbocycles. The predicted octanol–water partition coefficient (Wildman–Crippen LogP) is 13.8. The molecule has 55 heavy (non-hydrogen) atoms. The fourth-order valence-electron chi connectivity index (χ4n) is 10.4. The number of allylic oxidation sites excluding steroid dienone is 4. The van der Waals surface area contributed by atoms with E-state index >= 15 is 0 Å². The highest BCUT2D eigenvalue weighted by atomic mass is 15.1. The summed E-state index contributed by atoms with van der Waals surface area (Å²) in [5, 5.41) is 5.22. The Bertz CT molecular complexity index is 3030. The van der Waals surface area contributed by atoms with E-state index in [1.807, 2.05) is 0 Å². The van der Waals surface area contributed by atoms with Gasteiger partial charge in [0.15, 0.2) is 0 Å². The van der Waals surface area contributed by atoms with Crippen molar-refractivity contribution in [3.63, 3.8) is 0 Å². The molecule has 0 aliphatic heterocycles. The van der Waals surface area contributed by atoms with Crippen LogP contribution in [0.25, 0.3) is 55.0 Å². The highest BCUT2D eigenvalue weighted by Crippen LogP contribution is 2.66. The fourth-order valence-corrected chi connectivity index (χ4v) is 10.4. The molecule has 1 atom stereocenters. The summed E-state index contributed by atoms with van der Waals surface area (Å²) in [6, 6.07) is 67.3. The number of hydrogen-bond acceptors (Lipinski definition) is 1. The quantitative estimate of drug-likeness (QED) is 0.177. The van der Waals surface area contributed by atoms with Crippen molar-refractivity contribution in [2.75, 3.05) is 4.90 Å². The summed E-state index contributed by atoms with van der Waals surface area (Å²) in [6.45, 7) is 0. The Morgan fingerprint density at radius 2 is 1.05 bits per heavy atom. The number of benzene rings is 8. The number of anilines is 3. The molecule has 1 aromatic heterocycles. The van der Waals surface area contributed by atoms with Gasteiger partial charge in [0, 0.05) is 39.1 Å². The fraction of sp³-hybridized carbons (Fsp3) is 0.0566. The van der Waals surface area contributed by atoms with Gasteiger partial charge in [0.2, 0.25) is 0 Å². The maximum atomic E-state index is 2.58. The van der Waals surface area contributed by atoms with Gasteiger partial charge < -0.3 is 9.47 Å². The van der Waals surface area contributed by atoms with Crippen LogP contribution in [0.4, 0.5) is 17.1 Å². The standard InChI is InChI=1S/C53H36N2/c1-3-17-35(18-4-1)54(36-19-5-2-6-20-36)37-31-33-38(34-32-37)55-48-30-16-12-26-44(48)50-42-24-8-7-23-41(42)49-43-25-11-15-29-47(43)53(51(49)52(50)55)45-27-13-9-21-39(45)40-22-10-14-28-46(40)53/h1-9,11-21,23-34H,10,22H2. The summed E-state index contributed by atoms with van der Waals surface area (Å²) >= 11 is 0. The van der Waals surface area contributed by atoms with Crippen molar-refractivity contribution in [3.05, 3.63) is 222 Å². The number of rotatable bonds is 4. The summed E-state index contributed by atoms with van der Waals surface area (Å²) in [6.07, 6.45) is 7.00. The first-order valence-electron chi connectivity index (χ1n) is 19.4. The second-order valence-corrected chi connectivity index (χ2v) is 15.1. The first-order chi connectivity index (χ1) is 27.3. The zero-order valence-electron chi connectivity index (χ0n) is 30.3. The molecule has 3 aliphatic rings. The largest absolute Gasteiger partial charge is 0.311 e. The Morgan fingerprint density at radius 1 is 0.491 bits per heavy atom. The van der Waals surface area contributed by atoms with Crippen molar-refractivity contribution in [2.24, 2.45) is 0 Å². The van der Waals surface area contributed by atoms with Crippen molar-refractivity contribution in [1.82, 2.24) is 4.57 Å². The lowest BCUT2D eigenvalue weighted by atomic mass is 9.68. The number of hydrogen-bond donors (Lipinski definition) is 0. The molecule has 0 radical (unpaired) electrons. The molecular weight excluding hydrogens is 665 g/mol. The molecule has 0 saturated heterocycles. The lowest BCUT2D eigenvalue weighted by Gasteiger charge is -2.33. The van der Waals surface area contributed by atoms with E-state index in [-0.39, 0.29) is 0 Å². The number of nitrogens with zero attached hydrogens (tertiary/aromatic N) is 2. The predicted molar refractivity (Wildman–Crippen MR) is 230 cm³/mol. The summed E-state index contributed by atoms with van der Waals surface area (Å²) in [5.41, 5.74) is 17.8. The molecule has 0 amide bonds. The monoisotopic (exact) mass is 700 g/mol. The molecule has 1 heterocycles. The van der Waals surface area contributed by atoms with Gasteiger partial charge in [-0.1, -0.05) is 140 Å². The number of fused-ring (bicyclic) bond motifs is 16. The van der Waals surface area contributed by atoms with Gasteiger partial charge in [-0.25, -0.2) is 0 Å². The second-order valence-electron chi connectivity index (χ2n) is 15.1. The van der Waals surface area contributed by atoms with Crippen molar-refractivity contribution in [3.8, 4) is 16.8 Å². The van der Waals surface area contributed by atoms with Crippen LogP contribution in [0.2, 0.25) is 0 Å². The Morgan fingerprint density at radius 3 is 1.78 bits per heavy atom. The van der Waals surface area contributed by atoms with E-state index in [9.17, 15) is 0 Å². The van der Waals surface area contributed by atoms with E-state index in [0.29, 0.717) is 0 Å². The van der Waals surface area contributed by atoms with Crippen molar-refractivity contribution < 1.29 is 0 Å². The lowest BCUT2D eigenvalue weighted by molar-refractivity contribution is 0.784. The molecule has 9 aromatic rings. The second kappa shape index (κ2) is 11.5. The third-order valence-corrected chi connectivity index (χ3v) is 12.4. The van der Waals surface area contributed by atoms with E-state index in [4.69, 9.17) is 0 Å². The van der Waals surface area contributed by atoms with E-state index in [1.54, 1.807) is 0 Å². The minimum atomic E-state index is -0.444. The summed E-state index contributed by atoms with van der Waals surface area (Å²) < 4.78 is 2.58. The number of aromatic nitrogens is 1. The molecule has 0 fully saturated rings. The highest BCUT2D eigenvalue weighted by molar-refractivity contribution is 6.27. The first kappa shape index (κ1) is 30.6. The van der Waals surface area contributed by atoms with Crippen LogP contribution in [0.5, 0.6) is 0 Å². The van der Waals surface area contributed by atoms with Gasteiger partial charge in [0.1, 0.15) is 0 Å². The zero-order chi connectivity index (χ0) is 36.1. The molecular formula is C53H36N2. The Balaban J connectivity index is 1.22. The molecule has 3 aliphatic carbocycles. The van der Waals surface area contributed by atoms with Gasteiger partial charge in [0.05, 0.1) is 16.4 Å². The van der Waals surface area contributed by atoms with Crippen molar-refractivity contribution in [2.45, 2.75) is 18.3 Å². The van der Waals surface area contributed by atoms with Gasteiger partial charge in [0.25, 0.3) is 0 Å². The van der Waals surface area contributed by atoms with E-state index < -0.39 is 5.41 Å². The minimum absolute atomic E-state index is 0.444. The number of para-hydroxylation sites is 3. The highest BCUT2D eigenvalue weighted by Gasteiger charge is 2.54. The average Bonchev–Trinajstić information content (AvgIpc) is 3.87. The molecule has 0 bridgehead atoms. The Hall–Kier alpha value is -6.90. The van der Waals surface area contributed by atoms with Gasteiger partial charge >= 0.3 is 0 Å². The molecule has 12 rings (SSSR count). The smallest absolute Gasteiger partial charge is 0.0743 e.